The molecule has 0 N–H and O–H groups in total. The molecule has 0 aromatic heterocycles. The molecule has 3 aromatic rings. The van der Waals surface area contributed by atoms with Crippen molar-refractivity contribution in [3.63, 3.8) is 0 Å². The average molecular weight is 336 g/mol. The summed E-state index contributed by atoms with van der Waals surface area (Å²) in [6.45, 7) is 2.53. The highest BCUT2D eigenvalue weighted by molar-refractivity contribution is 5.90. The number of carbonyl (C=O) groups excluding carboxylic acids is 1. The van der Waals surface area contributed by atoms with Crippen LogP contribution in [0.5, 0.6) is 11.5 Å². The molecular formula is C21H20O4. The highest BCUT2D eigenvalue weighted by atomic mass is 16.5. The van der Waals surface area contributed by atoms with Crippen LogP contribution in [-0.4, -0.2) is 19.7 Å². The van der Waals surface area contributed by atoms with E-state index in [1.165, 1.54) is 10.8 Å². The maximum atomic E-state index is 11.8. The van der Waals surface area contributed by atoms with E-state index in [2.05, 4.69) is 24.3 Å². The van der Waals surface area contributed by atoms with E-state index in [9.17, 15) is 4.79 Å². The molecule has 0 heterocycles. The Morgan fingerprint density at radius 1 is 0.920 bits per heavy atom. The van der Waals surface area contributed by atoms with Crippen molar-refractivity contribution < 1.29 is 19.0 Å². The zero-order valence-corrected chi connectivity index (χ0v) is 14.3. The Labute approximate surface area is 146 Å². The molecule has 0 aliphatic carbocycles. The van der Waals surface area contributed by atoms with Crippen LogP contribution >= 0.6 is 0 Å². The van der Waals surface area contributed by atoms with Gasteiger partial charge in [-0.3, -0.25) is 0 Å². The normalized spacial score (nSPS) is 10.5. The molecule has 0 aliphatic rings. The summed E-state index contributed by atoms with van der Waals surface area (Å²) in [6.07, 6.45) is 0. The van der Waals surface area contributed by atoms with Crippen LogP contribution in [0.25, 0.3) is 10.8 Å². The number of benzene rings is 3. The predicted molar refractivity (Wildman–Crippen MR) is 97.2 cm³/mol. The number of carbonyl (C=O) groups is 1. The minimum Gasteiger partial charge on any atom is -0.493 e. The van der Waals surface area contributed by atoms with Crippen molar-refractivity contribution in [2.45, 2.75) is 13.5 Å². The largest absolute Gasteiger partial charge is 0.493 e. The van der Waals surface area contributed by atoms with Gasteiger partial charge >= 0.3 is 5.97 Å². The van der Waals surface area contributed by atoms with E-state index in [1.54, 1.807) is 32.2 Å². The lowest BCUT2D eigenvalue weighted by atomic mass is 10.1. The van der Waals surface area contributed by atoms with Crippen LogP contribution in [0.3, 0.4) is 0 Å². The standard InChI is InChI=1S/C21H20O4/c1-3-24-21(22)18-10-11-19(20(13-18)23-2)25-14-15-8-9-16-6-4-5-7-17(16)12-15/h4-13H,3,14H2,1-2H3. The lowest BCUT2D eigenvalue weighted by Crippen LogP contribution is -2.05. The van der Waals surface area contributed by atoms with Gasteiger partial charge in [0.25, 0.3) is 0 Å². The summed E-state index contributed by atoms with van der Waals surface area (Å²) in [5.74, 6) is 0.719. The zero-order valence-electron chi connectivity index (χ0n) is 14.3. The summed E-state index contributed by atoms with van der Waals surface area (Å²) in [5.41, 5.74) is 1.51. The van der Waals surface area contributed by atoms with Gasteiger partial charge in [-0.2, -0.15) is 0 Å². The predicted octanol–water partition coefficient (Wildman–Crippen LogP) is 4.60. The molecule has 0 spiro atoms. The Morgan fingerprint density at radius 2 is 1.72 bits per heavy atom. The molecule has 0 unspecified atom stereocenters. The van der Waals surface area contributed by atoms with Crippen LogP contribution in [0.4, 0.5) is 0 Å². The number of fused-ring (bicyclic) bond motifs is 1. The highest BCUT2D eigenvalue weighted by Gasteiger charge is 2.12. The summed E-state index contributed by atoms with van der Waals surface area (Å²) >= 11 is 0. The third kappa shape index (κ3) is 3.91. The van der Waals surface area contributed by atoms with Gasteiger partial charge in [0.05, 0.1) is 19.3 Å². The van der Waals surface area contributed by atoms with Crippen molar-refractivity contribution in [1.29, 1.82) is 0 Å². The van der Waals surface area contributed by atoms with Crippen molar-refractivity contribution in [3.8, 4) is 11.5 Å². The molecule has 0 saturated carbocycles. The van der Waals surface area contributed by atoms with Crippen LogP contribution in [0, 0.1) is 0 Å². The maximum Gasteiger partial charge on any atom is 0.338 e. The molecule has 25 heavy (non-hydrogen) atoms. The van der Waals surface area contributed by atoms with Gasteiger partial charge in [-0.15, -0.1) is 0 Å². The van der Waals surface area contributed by atoms with E-state index in [0.717, 1.165) is 5.56 Å². The smallest absolute Gasteiger partial charge is 0.338 e. The molecule has 0 bridgehead atoms. The SMILES string of the molecule is CCOC(=O)c1ccc(OCc2ccc3ccccc3c2)c(OC)c1. The molecule has 3 aromatic carbocycles. The van der Waals surface area contributed by atoms with E-state index in [-0.39, 0.29) is 5.97 Å². The van der Waals surface area contributed by atoms with Gasteiger partial charge in [0.15, 0.2) is 11.5 Å². The third-order valence-electron chi connectivity index (χ3n) is 3.88. The Bertz CT molecular complexity index is 886. The fourth-order valence-corrected chi connectivity index (χ4v) is 2.62. The van der Waals surface area contributed by atoms with E-state index >= 15 is 0 Å². The van der Waals surface area contributed by atoms with Crippen molar-refractivity contribution >= 4 is 16.7 Å². The number of methoxy groups -OCH3 is 1. The monoisotopic (exact) mass is 336 g/mol. The Hall–Kier alpha value is -3.01. The number of ether oxygens (including phenoxy) is 3. The quantitative estimate of drug-likeness (QED) is 0.617. The number of rotatable bonds is 6. The minimum atomic E-state index is -0.373. The van der Waals surface area contributed by atoms with E-state index < -0.39 is 0 Å². The molecule has 0 amide bonds. The average Bonchev–Trinajstić information content (AvgIpc) is 2.66. The number of hydrogen-bond donors (Lipinski definition) is 0. The van der Waals surface area contributed by atoms with E-state index in [0.29, 0.717) is 30.3 Å². The fraction of sp³-hybridized carbons (Fsp3) is 0.190. The summed E-state index contributed by atoms with van der Waals surface area (Å²) < 4.78 is 16.2. The lowest BCUT2D eigenvalue weighted by molar-refractivity contribution is 0.0526. The van der Waals surface area contributed by atoms with Crippen LogP contribution in [0.2, 0.25) is 0 Å². The molecule has 0 atom stereocenters. The zero-order chi connectivity index (χ0) is 17.6. The maximum absolute atomic E-state index is 11.8. The topological polar surface area (TPSA) is 44.8 Å². The van der Waals surface area contributed by atoms with Gasteiger partial charge in [-0.1, -0.05) is 36.4 Å². The minimum absolute atomic E-state index is 0.335. The second-order valence-corrected chi connectivity index (χ2v) is 5.56. The number of hydrogen-bond acceptors (Lipinski definition) is 4. The highest BCUT2D eigenvalue weighted by Crippen LogP contribution is 2.29. The molecule has 0 fully saturated rings. The summed E-state index contributed by atoms with van der Waals surface area (Å²) in [6, 6.07) is 19.5. The molecular weight excluding hydrogens is 316 g/mol. The van der Waals surface area contributed by atoms with Gasteiger partial charge in [0, 0.05) is 0 Å². The summed E-state index contributed by atoms with van der Waals surface area (Å²) in [5, 5.41) is 2.37. The van der Waals surface area contributed by atoms with Crippen molar-refractivity contribution in [1.82, 2.24) is 0 Å². The molecule has 3 rings (SSSR count). The van der Waals surface area contributed by atoms with Gasteiger partial charge in [-0.05, 0) is 47.5 Å². The van der Waals surface area contributed by atoms with Crippen LogP contribution in [0.15, 0.2) is 60.7 Å². The molecule has 0 aliphatic heterocycles. The lowest BCUT2D eigenvalue weighted by Gasteiger charge is -2.12. The van der Waals surface area contributed by atoms with E-state index in [4.69, 9.17) is 14.2 Å². The summed E-state index contributed by atoms with van der Waals surface area (Å²) in [4.78, 5) is 11.8. The second-order valence-electron chi connectivity index (χ2n) is 5.56. The van der Waals surface area contributed by atoms with Crippen molar-refractivity contribution in [2.24, 2.45) is 0 Å². The Balaban J connectivity index is 1.76. The summed E-state index contributed by atoms with van der Waals surface area (Å²) in [7, 11) is 1.55. The van der Waals surface area contributed by atoms with Gasteiger partial charge in [-0.25, -0.2) is 4.79 Å². The third-order valence-corrected chi connectivity index (χ3v) is 3.88. The van der Waals surface area contributed by atoms with Crippen molar-refractivity contribution in [3.05, 3.63) is 71.8 Å². The Kier molecular flexibility index (Phi) is 5.19. The first kappa shape index (κ1) is 16.8. The van der Waals surface area contributed by atoms with Crippen LogP contribution in [0.1, 0.15) is 22.8 Å². The molecule has 4 nitrogen and oxygen atoms in total. The van der Waals surface area contributed by atoms with Crippen LogP contribution in [-0.2, 0) is 11.3 Å². The molecule has 0 saturated heterocycles. The Morgan fingerprint density at radius 3 is 2.48 bits per heavy atom. The molecule has 128 valence electrons. The first-order valence-electron chi connectivity index (χ1n) is 8.17. The van der Waals surface area contributed by atoms with Crippen LogP contribution < -0.4 is 9.47 Å². The second kappa shape index (κ2) is 7.71. The van der Waals surface area contributed by atoms with Gasteiger partial charge < -0.3 is 14.2 Å². The first-order valence-corrected chi connectivity index (χ1v) is 8.17. The number of esters is 1. The van der Waals surface area contributed by atoms with E-state index in [1.807, 2.05) is 18.2 Å². The fourth-order valence-electron chi connectivity index (χ4n) is 2.62. The first-order chi connectivity index (χ1) is 12.2. The van der Waals surface area contributed by atoms with Gasteiger partial charge in [0.2, 0.25) is 0 Å². The molecule has 0 radical (unpaired) electrons. The molecule has 4 heteroatoms. The van der Waals surface area contributed by atoms with Gasteiger partial charge in [0.1, 0.15) is 6.61 Å². The van der Waals surface area contributed by atoms with Crippen molar-refractivity contribution in [2.75, 3.05) is 13.7 Å².